The molecule has 0 aliphatic carbocycles. The highest BCUT2D eigenvalue weighted by atomic mass is 32.1. The van der Waals surface area contributed by atoms with E-state index in [1.807, 2.05) is 30.3 Å². The summed E-state index contributed by atoms with van der Waals surface area (Å²) in [5, 5.41) is 8.13. The van der Waals surface area contributed by atoms with Crippen LogP contribution in [0.2, 0.25) is 0 Å². The molecule has 0 spiro atoms. The summed E-state index contributed by atoms with van der Waals surface area (Å²) in [5.41, 5.74) is 1.22. The lowest BCUT2D eigenvalue weighted by Gasteiger charge is -2.02. The van der Waals surface area contributed by atoms with Gasteiger partial charge < -0.3 is 0 Å². The van der Waals surface area contributed by atoms with Crippen LogP contribution >= 0.6 is 11.3 Å². The van der Waals surface area contributed by atoms with Gasteiger partial charge in [0.05, 0.1) is 27.0 Å². The maximum Gasteiger partial charge on any atom is 0.272 e. The summed E-state index contributed by atoms with van der Waals surface area (Å²) in [6.07, 6.45) is 1.20. The first-order valence-electron chi connectivity index (χ1n) is 6.92. The summed E-state index contributed by atoms with van der Waals surface area (Å²) >= 11 is 1.50. The molecule has 112 valence electrons. The number of nitrogens with one attached hydrogen (secondary N) is 1. The van der Waals surface area contributed by atoms with E-state index in [2.05, 4.69) is 15.2 Å². The first-order chi connectivity index (χ1) is 11.2. The third-order valence-corrected chi connectivity index (χ3v) is 4.63. The number of rotatable bonds is 2. The molecule has 0 saturated carbocycles. The largest absolute Gasteiger partial charge is 0.272 e. The predicted molar refractivity (Wildman–Crippen MR) is 88.9 cm³/mol. The van der Waals surface area contributed by atoms with Gasteiger partial charge >= 0.3 is 0 Å². The van der Waals surface area contributed by atoms with Crippen molar-refractivity contribution in [2.45, 2.75) is 0 Å². The minimum Gasteiger partial charge on any atom is -0.267 e. The van der Waals surface area contributed by atoms with E-state index in [-0.39, 0.29) is 11.4 Å². The Morgan fingerprint density at radius 2 is 1.74 bits per heavy atom. The van der Waals surface area contributed by atoms with Gasteiger partial charge in [0.15, 0.2) is 0 Å². The van der Waals surface area contributed by atoms with Gasteiger partial charge in [-0.25, -0.2) is 9.49 Å². The van der Waals surface area contributed by atoms with Crippen molar-refractivity contribution in [3.05, 3.63) is 70.9 Å². The number of hydrogen-bond acceptors (Lipinski definition) is 4. The maximum atomic E-state index is 13.0. The average Bonchev–Trinajstić information content (AvgIpc) is 3.06. The minimum absolute atomic E-state index is 0.207. The SMILES string of the molecule is O=c1[nH]nc(-c2ccc(-c3ccc(F)cn3)s2)c2ccccc12. The molecule has 0 saturated heterocycles. The van der Waals surface area contributed by atoms with Crippen LogP contribution in [0.3, 0.4) is 0 Å². The van der Waals surface area contributed by atoms with Crippen molar-refractivity contribution < 1.29 is 4.39 Å². The molecule has 0 aliphatic heterocycles. The minimum atomic E-state index is -0.362. The molecular weight excluding hydrogens is 313 g/mol. The molecule has 0 amide bonds. The van der Waals surface area contributed by atoms with Crippen molar-refractivity contribution in [2.24, 2.45) is 0 Å². The van der Waals surface area contributed by atoms with Gasteiger partial charge in [-0.05, 0) is 30.3 Å². The molecule has 0 fully saturated rings. The Morgan fingerprint density at radius 1 is 0.957 bits per heavy atom. The Morgan fingerprint density at radius 3 is 2.52 bits per heavy atom. The third-order valence-electron chi connectivity index (χ3n) is 3.52. The highest BCUT2D eigenvalue weighted by Gasteiger charge is 2.12. The third kappa shape index (κ3) is 2.43. The second kappa shape index (κ2) is 5.40. The van der Waals surface area contributed by atoms with Crippen LogP contribution in [-0.4, -0.2) is 15.2 Å². The number of thiophene rings is 1. The van der Waals surface area contributed by atoms with Crippen molar-refractivity contribution in [3.8, 4) is 21.1 Å². The van der Waals surface area contributed by atoms with E-state index >= 15 is 0 Å². The van der Waals surface area contributed by atoms with Gasteiger partial charge in [0.1, 0.15) is 11.5 Å². The Bertz CT molecular complexity index is 1050. The molecule has 6 heteroatoms. The molecule has 0 radical (unpaired) electrons. The number of aromatic amines is 1. The van der Waals surface area contributed by atoms with E-state index in [0.717, 1.165) is 20.8 Å². The summed E-state index contributed by atoms with van der Waals surface area (Å²) in [4.78, 5) is 17.8. The van der Waals surface area contributed by atoms with Gasteiger partial charge in [-0.2, -0.15) is 5.10 Å². The van der Waals surface area contributed by atoms with E-state index in [0.29, 0.717) is 11.1 Å². The number of nitrogens with zero attached hydrogens (tertiary/aromatic N) is 2. The number of hydrogen-bond donors (Lipinski definition) is 1. The molecule has 1 aromatic carbocycles. The van der Waals surface area contributed by atoms with Gasteiger partial charge in [-0.1, -0.05) is 18.2 Å². The van der Waals surface area contributed by atoms with Crippen LogP contribution in [0.4, 0.5) is 4.39 Å². The molecule has 4 nitrogen and oxygen atoms in total. The second-order valence-electron chi connectivity index (χ2n) is 4.97. The lowest BCUT2D eigenvalue weighted by atomic mass is 10.1. The Hall–Kier alpha value is -2.86. The van der Waals surface area contributed by atoms with Crippen molar-refractivity contribution in [1.82, 2.24) is 15.2 Å². The highest BCUT2D eigenvalue weighted by molar-refractivity contribution is 7.18. The van der Waals surface area contributed by atoms with E-state index in [4.69, 9.17) is 0 Å². The zero-order chi connectivity index (χ0) is 15.8. The number of fused-ring (bicyclic) bond motifs is 1. The topological polar surface area (TPSA) is 58.6 Å². The van der Waals surface area contributed by atoms with Crippen LogP contribution in [0, 0.1) is 5.82 Å². The average molecular weight is 323 g/mol. The number of halogens is 1. The highest BCUT2D eigenvalue weighted by Crippen LogP contribution is 2.34. The molecule has 1 N–H and O–H groups in total. The molecule has 3 heterocycles. The zero-order valence-electron chi connectivity index (χ0n) is 11.8. The summed E-state index contributed by atoms with van der Waals surface area (Å²) in [7, 11) is 0. The fourth-order valence-corrected chi connectivity index (χ4v) is 3.41. The fourth-order valence-electron chi connectivity index (χ4n) is 2.43. The van der Waals surface area contributed by atoms with Crippen LogP contribution in [0.5, 0.6) is 0 Å². The summed E-state index contributed by atoms with van der Waals surface area (Å²) in [6.45, 7) is 0. The monoisotopic (exact) mass is 323 g/mol. The van der Waals surface area contributed by atoms with Crippen LogP contribution in [0.25, 0.3) is 31.9 Å². The van der Waals surface area contributed by atoms with E-state index in [9.17, 15) is 9.18 Å². The molecule has 4 rings (SSSR count). The maximum absolute atomic E-state index is 13.0. The summed E-state index contributed by atoms with van der Waals surface area (Å²) < 4.78 is 13.0. The zero-order valence-corrected chi connectivity index (χ0v) is 12.6. The standard InChI is InChI=1S/C17H10FN3OS/c18-10-5-6-13(19-9-10)14-7-8-15(23-14)16-11-3-1-2-4-12(11)17(22)21-20-16/h1-9H,(H,21,22). The Balaban J connectivity index is 1.85. The molecule has 0 aliphatic rings. The lowest BCUT2D eigenvalue weighted by molar-refractivity contribution is 0.622. The van der Waals surface area contributed by atoms with Crippen molar-refractivity contribution >= 4 is 22.1 Å². The predicted octanol–water partition coefficient (Wildman–Crippen LogP) is 3.85. The van der Waals surface area contributed by atoms with Gasteiger partial charge in [0.2, 0.25) is 0 Å². The Labute approximate surface area is 134 Å². The smallest absolute Gasteiger partial charge is 0.267 e. The normalized spacial score (nSPS) is 11.0. The summed E-state index contributed by atoms with van der Waals surface area (Å²) in [5.74, 6) is -0.362. The first kappa shape index (κ1) is 13.8. The van der Waals surface area contributed by atoms with Gasteiger partial charge in [-0.3, -0.25) is 9.78 Å². The molecule has 0 unspecified atom stereocenters. The molecular formula is C17H10FN3OS. The van der Waals surface area contributed by atoms with E-state index < -0.39 is 0 Å². The van der Waals surface area contributed by atoms with Crippen LogP contribution in [-0.2, 0) is 0 Å². The van der Waals surface area contributed by atoms with Crippen LogP contribution in [0.15, 0.2) is 59.5 Å². The number of benzene rings is 1. The quantitative estimate of drug-likeness (QED) is 0.609. The van der Waals surface area contributed by atoms with E-state index in [1.165, 1.54) is 23.6 Å². The lowest BCUT2D eigenvalue weighted by Crippen LogP contribution is -2.08. The molecule has 3 aromatic heterocycles. The van der Waals surface area contributed by atoms with Crippen molar-refractivity contribution in [1.29, 1.82) is 0 Å². The van der Waals surface area contributed by atoms with Crippen LogP contribution in [0.1, 0.15) is 0 Å². The Kier molecular flexibility index (Phi) is 3.24. The van der Waals surface area contributed by atoms with Gasteiger partial charge in [-0.15, -0.1) is 11.3 Å². The molecule has 4 aromatic rings. The fraction of sp³-hybridized carbons (Fsp3) is 0. The van der Waals surface area contributed by atoms with E-state index in [1.54, 1.807) is 12.1 Å². The number of H-pyrrole nitrogens is 1. The first-order valence-corrected chi connectivity index (χ1v) is 7.73. The van der Waals surface area contributed by atoms with Crippen molar-refractivity contribution in [2.75, 3.05) is 0 Å². The van der Waals surface area contributed by atoms with Gasteiger partial charge in [0.25, 0.3) is 5.56 Å². The molecule has 23 heavy (non-hydrogen) atoms. The second-order valence-corrected chi connectivity index (χ2v) is 6.06. The van der Waals surface area contributed by atoms with Crippen molar-refractivity contribution in [3.63, 3.8) is 0 Å². The number of pyridine rings is 1. The van der Waals surface area contributed by atoms with Crippen LogP contribution < -0.4 is 5.56 Å². The van der Waals surface area contributed by atoms with Gasteiger partial charge in [0, 0.05) is 5.39 Å². The number of aromatic nitrogens is 3. The molecule has 0 bridgehead atoms. The summed E-state index contributed by atoms with van der Waals surface area (Å²) in [6, 6.07) is 14.2. The molecule has 0 atom stereocenters.